The lowest BCUT2D eigenvalue weighted by Crippen LogP contribution is -2.41. The van der Waals surface area contributed by atoms with Crippen LogP contribution in [-0.2, 0) is 6.54 Å². The lowest BCUT2D eigenvalue weighted by molar-refractivity contribution is 0.0668. The lowest BCUT2D eigenvalue weighted by Gasteiger charge is -2.34. The quantitative estimate of drug-likeness (QED) is 0.728. The van der Waals surface area contributed by atoms with Crippen molar-refractivity contribution in [3.63, 3.8) is 0 Å². The number of nitrogens with zero attached hydrogens (tertiary/aromatic N) is 5. The van der Waals surface area contributed by atoms with Gasteiger partial charge in [0.25, 0.3) is 5.91 Å². The Kier molecular flexibility index (Phi) is 4.56. The molecule has 0 N–H and O–H groups in total. The number of imidazole rings is 1. The van der Waals surface area contributed by atoms with E-state index >= 15 is 0 Å². The van der Waals surface area contributed by atoms with E-state index < -0.39 is 0 Å². The van der Waals surface area contributed by atoms with E-state index in [1.165, 1.54) is 0 Å². The van der Waals surface area contributed by atoms with Crippen LogP contribution in [0.25, 0.3) is 0 Å². The number of aryl methyl sites for hydroxylation is 1. The summed E-state index contributed by atoms with van der Waals surface area (Å²) in [6.07, 6.45) is 11.5. The molecule has 134 valence electrons. The van der Waals surface area contributed by atoms with Gasteiger partial charge in [0, 0.05) is 50.6 Å². The number of rotatable bonds is 4. The Bertz CT molecular complexity index is 883. The molecular formula is C20H23N5O. The molecule has 0 spiro atoms. The van der Waals surface area contributed by atoms with Gasteiger partial charge in [-0.25, -0.2) is 4.98 Å². The molecule has 4 rings (SSSR count). The minimum Gasteiger partial charge on any atom is -0.339 e. The summed E-state index contributed by atoms with van der Waals surface area (Å²) in [5, 5.41) is 0. The van der Waals surface area contributed by atoms with Crippen LogP contribution in [0.2, 0.25) is 0 Å². The maximum absolute atomic E-state index is 13.1. The molecule has 1 fully saturated rings. The Morgan fingerprint density at radius 2 is 2.15 bits per heavy atom. The summed E-state index contributed by atoms with van der Waals surface area (Å²) in [7, 11) is 0. The molecule has 1 amide bonds. The number of carbonyl (C=O) groups excluding carboxylic acids is 1. The zero-order valence-corrected chi connectivity index (χ0v) is 15.0. The molecule has 0 radical (unpaired) electrons. The zero-order chi connectivity index (χ0) is 17.9. The Balaban J connectivity index is 1.51. The van der Waals surface area contributed by atoms with Crippen LogP contribution in [0.3, 0.4) is 0 Å². The fourth-order valence-corrected chi connectivity index (χ4v) is 3.74. The SMILES string of the molecule is Cc1nccn1[C@@H]1CCCN(C(=O)c2cccn2Cc2cccnc2)C1. The van der Waals surface area contributed by atoms with Crippen molar-refractivity contribution >= 4 is 5.91 Å². The van der Waals surface area contributed by atoms with E-state index in [1.54, 1.807) is 6.20 Å². The van der Waals surface area contributed by atoms with Crippen molar-refractivity contribution in [1.82, 2.24) is 24.0 Å². The summed E-state index contributed by atoms with van der Waals surface area (Å²) in [6, 6.07) is 8.09. The minimum atomic E-state index is 0.0985. The van der Waals surface area contributed by atoms with E-state index in [0.29, 0.717) is 12.6 Å². The van der Waals surface area contributed by atoms with Gasteiger partial charge in [0.2, 0.25) is 0 Å². The molecule has 3 aromatic heterocycles. The second-order valence-electron chi connectivity index (χ2n) is 6.81. The summed E-state index contributed by atoms with van der Waals surface area (Å²) in [5.74, 6) is 1.10. The van der Waals surface area contributed by atoms with Crippen molar-refractivity contribution in [1.29, 1.82) is 0 Å². The standard InChI is InChI=1S/C20H23N5O/c1-16-22-9-12-25(16)18-6-3-11-24(15-18)20(26)19-7-4-10-23(19)14-17-5-2-8-21-13-17/h2,4-5,7-10,12-13,18H,3,6,11,14-15H2,1H3/t18-/m1/s1. The molecule has 0 unspecified atom stereocenters. The largest absolute Gasteiger partial charge is 0.339 e. The predicted molar refractivity (Wildman–Crippen MR) is 98.9 cm³/mol. The van der Waals surface area contributed by atoms with Gasteiger partial charge in [-0.3, -0.25) is 9.78 Å². The van der Waals surface area contributed by atoms with E-state index in [-0.39, 0.29) is 5.91 Å². The van der Waals surface area contributed by atoms with Crippen molar-refractivity contribution in [3.05, 3.63) is 72.3 Å². The minimum absolute atomic E-state index is 0.0985. The molecule has 1 aliphatic heterocycles. The number of hydrogen-bond donors (Lipinski definition) is 0. The van der Waals surface area contributed by atoms with Crippen molar-refractivity contribution in [2.75, 3.05) is 13.1 Å². The molecular weight excluding hydrogens is 326 g/mol. The molecule has 1 atom stereocenters. The summed E-state index contributed by atoms with van der Waals surface area (Å²) >= 11 is 0. The van der Waals surface area contributed by atoms with Gasteiger partial charge in [-0.1, -0.05) is 6.07 Å². The van der Waals surface area contributed by atoms with Crippen LogP contribution < -0.4 is 0 Å². The highest BCUT2D eigenvalue weighted by Crippen LogP contribution is 2.24. The number of carbonyl (C=O) groups is 1. The Hall–Kier alpha value is -2.89. The first-order chi connectivity index (χ1) is 12.7. The van der Waals surface area contributed by atoms with Crippen LogP contribution >= 0.6 is 0 Å². The van der Waals surface area contributed by atoms with E-state index in [9.17, 15) is 4.79 Å². The van der Waals surface area contributed by atoms with E-state index in [4.69, 9.17) is 0 Å². The monoisotopic (exact) mass is 349 g/mol. The van der Waals surface area contributed by atoms with Gasteiger partial charge in [0.05, 0.1) is 6.04 Å². The summed E-state index contributed by atoms with van der Waals surface area (Å²) in [4.78, 5) is 23.6. The van der Waals surface area contributed by atoms with E-state index in [0.717, 1.165) is 43.0 Å². The highest BCUT2D eigenvalue weighted by molar-refractivity contribution is 5.92. The van der Waals surface area contributed by atoms with Gasteiger partial charge in [-0.15, -0.1) is 0 Å². The topological polar surface area (TPSA) is 56.0 Å². The number of aromatic nitrogens is 4. The van der Waals surface area contributed by atoms with Gasteiger partial charge in [-0.2, -0.15) is 0 Å². The number of pyridine rings is 1. The van der Waals surface area contributed by atoms with Crippen molar-refractivity contribution in [2.45, 2.75) is 32.4 Å². The fourth-order valence-electron chi connectivity index (χ4n) is 3.74. The third-order valence-electron chi connectivity index (χ3n) is 5.06. The molecule has 1 aliphatic rings. The van der Waals surface area contributed by atoms with Gasteiger partial charge in [0.15, 0.2) is 0 Å². The van der Waals surface area contributed by atoms with Crippen LogP contribution in [0.4, 0.5) is 0 Å². The van der Waals surface area contributed by atoms with E-state index in [1.807, 2.05) is 65.4 Å². The highest BCUT2D eigenvalue weighted by atomic mass is 16.2. The normalized spacial score (nSPS) is 17.4. The molecule has 6 nitrogen and oxygen atoms in total. The van der Waals surface area contributed by atoms with Gasteiger partial charge in [-0.05, 0) is 43.5 Å². The predicted octanol–water partition coefficient (Wildman–Crippen LogP) is 2.91. The molecule has 1 saturated heterocycles. The number of amides is 1. The summed E-state index contributed by atoms with van der Waals surface area (Å²) < 4.78 is 4.19. The Morgan fingerprint density at radius 3 is 2.92 bits per heavy atom. The second kappa shape index (κ2) is 7.15. The Labute approximate surface area is 153 Å². The maximum atomic E-state index is 13.1. The third kappa shape index (κ3) is 3.27. The van der Waals surface area contributed by atoms with Crippen LogP contribution in [0.1, 0.15) is 40.8 Å². The average molecular weight is 349 g/mol. The van der Waals surface area contributed by atoms with E-state index in [2.05, 4.69) is 14.5 Å². The number of piperidine rings is 1. The molecule has 0 aliphatic carbocycles. The maximum Gasteiger partial charge on any atom is 0.270 e. The number of likely N-dealkylation sites (tertiary alicyclic amines) is 1. The number of hydrogen-bond acceptors (Lipinski definition) is 3. The highest BCUT2D eigenvalue weighted by Gasteiger charge is 2.27. The van der Waals surface area contributed by atoms with Crippen LogP contribution in [0.5, 0.6) is 0 Å². The van der Waals surface area contributed by atoms with Crippen LogP contribution in [0, 0.1) is 6.92 Å². The summed E-state index contributed by atoms with van der Waals surface area (Å²) in [6.45, 7) is 4.20. The van der Waals surface area contributed by atoms with Gasteiger partial charge < -0.3 is 14.0 Å². The lowest BCUT2D eigenvalue weighted by atomic mass is 10.0. The van der Waals surface area contributed by atoms with Crippen LogP contribution in [-0.4, -0.2) is 43.0 Å². The first kappa shape index (κ1) is 16.6. The first-order valence-corrected chi connectivity index (χ1v) is 9.05. The smallest absolute Gasteiger partial charge is 0.270 e. The summed E-state index contributed by atoms with van der Waals surface area (Å²) in [5.41, 5.74) is 1.82. The zero-order valence-electron chi connectivity index (χ0n) is 15.0. The van der Waals surface area contributed by atoms with Crippen LogP contribution in [0.15, 0.2) is 55.2 Å². The average Bonchev–Trinajstić information content (AvgIpc) is 3.31. The Morgan fingerprint density at radius 1 is 1.23 bits per heavy atom. The molecule has 0 aromatic carbocycles. The van der Waals surface area contributed by atoms with Gasteiger partial charge in [0.1, 0.15) is 11.5 Å². The second-order valence-corrected chi connectivity index (χ2v) is 6.81. The van der Waals surface area contributed by atoms with Crippen molar-refractivity contribution in [2.24, 2.45) is 0 Å². The van der Waals surface area contributed by atoms with Gasteiger partial charge >= 0.3 is 0 Å². The molecule has 3 aromatic rings. The van der Waals surface area contributed by atoms with Crippen molar-refractivity contribution in [3.8, 4) is 0 Å². The molecule has 6 heteroatoms. The van der Waals surface area contributed by atoms with Crippen molar-refractivity contribution < 1.29 is 4.79 Å². The molecule has 26 heavy (non-hydrogen) atoms. The fraction of sp³-hybridized carbons (Fsp3) is 0.350. The third-order valence-corrected chi connectivity index (χ3v) is 5.06. The molecule has 4 heterocycles. The first-order valence-electron chi connectivity index (χ1n) is 9.05. The molecule has 0 saturated carbocycles. The molecule has 0 bridgehead atoms.